The van der Waals surface area contributed by atoms with Gasteiger partial charge in [0.25, 0.3) is 5.91 Å². The van der Waals surface area contributed by atoms with E-state index >= 15 is 0 Å². The number of nitrogens with one attached hydrogen (secondary N) is 2. The predicted molar refractivity (Wildman–Crippen MR) is 103 cm³/mol. The zero-order chi connectivity index (χ0) is 19.9. The minimum Gasteiger partial charge on any atom is -0.484 e. The van der Waals surface area contributed by atoms with Gasteiger partial charge in [0.15, 0.2) is 6.61 Å². The highest BCUT2D eigenvalue weighted by atomic mass is 16.5. The van der Waals surface area contributed by atoms with Gasteiger partial charge in [0.05, 0.1) is 12.1 Å². The van der Waals surface area contributed by atoms with Gasteiger partial charge in [-0.2, -0.15) is 0 Å². The smallest absolute Gasteiger partial charge is 0.276 e. The van der Waals surface area contributed by atoms with Crippen LogP contribution in [0.4, 0.5) is 0 Å². The van der Waals surface area contributed by atoms with Crippen LogP contribution in [0.5, 0.6) is 5.75 Å². The molecule has 2 N–H and O–H groups in total. The number of rotatable bonds is 6. The van der Waals surface area contributed by atoms with Gasteiger partial charge in [0.1, 0.15) is 12.0 Å². The summed E-state index contributed by atoms with van der Waals surface area (Å²) < 4.78 is 10.8. The first-order valence-corrected chi connectivity index (χ1v) is 8.78. The van der Waals surface area contributed by atoms with Crippen molar-refractivity contribution in [3.8, 4) is 17.2 Å². The molecule has 2 aromatic carbocycles. The fourth-order valence-corrected chi connectivity index (χ4v) is 2.65. The minimum absolute atomic E-state index is 0.0193. The summed E-state index contributed by atoms with van der Waals surface area (Å²) in [6.45, 7) is 3.70. The number of hydrogen-bond acceptors (Lipinski definition) is 5. The number of aromatic nitrogens is 1. The van der Waals surface area contributed by atoms with Crippen LogP contribution in [0.2, 0.25) is 0 Å². The van der Waals surface area contributed by atoms with Crippen molar-refractivity contribution in [2.24, 2.45) is 0 Å². The molecule has 0 radical (unpaired) electrons. The Balaban J connectivity index is 1.44. The Bertz CT molecular complexity index is 947. The Morgan fingerprint density at radius 3 is 2.39 bits per heavy atom. The third-order valence-electron chi connectivity index (χ3n) is 3.82. The molecule has 3 rings (SSSR count). The van der Waals surface area contributed by atoms with Crippen LogP contribution in [0.25, 0.3) is 11.5 Å². The number of aryl methyl sites for hydroxylation is 2. The molecule has 0 spiro atoms. The van der Waals surface area contributed by atoms with Crippen molar-refractivity contribution in [1.29, 1.82) is 0 Å². The number of amides is 2. The van der Waals surface area contributed by atoms with E-state index in [0.717, 1.165) is 16.7 Å². The number of carbonyl (C=O) groups excluding carboxylic acids is 2. The van der Waals surface area contributed by atoms with Crippen LogP contribution in [-0.2, 0) is 16.0 Å². The molecule has 0 unspecified atom stereocenters. The largest absolute Gasteiger partial charge is 0.484 e. The highest BCUT2D eigenvalue weighted by Crippen LogP contribution is 2.18. The third kappa shape index (κ3) is 5.44. The molecule has 1 heterocycles. The zero-order valence-corrected chi connectivity index (χ0v) is 15.7. The maximum Gasteiger partial charge on any atom is 0.276 e. The van der Waals surface area contributed by atoms with E-state index in [1.807, 2.05) is 62.4 Å². The number of ether oxygens (including phenoxy) is 1. The summed E-state index contributed by atoms with van der Waals surface area (Å²) in [4.78, 5) is 28.1. The number of nitrogens with zero attached hydrogens (tertiary/aromatic N) is 1. The van der Waals surface area contributed by atoms with Crippen LogP contribution < -0.4 is 15.6 Å². The lowest BCUT2D eigenvalue weighted by Gasteiger charge is -2.09. The lowest BCUT2D eigenvalue weighted by atomic mass is 10.1. The van der Waals surface area contributed by atoms with Gasteiger partial charge in [0.2, 0.25) is 11.8 Å². The molecule has 0 saturated carbocycles. The fraction of sp³-hybridized carbons (Fsp3) is 0.190. The second kappa shape index (κ2) is 8.85. The van der Waals surface area contributed by atoms with Crippen LogP contribution in [0.15, 0.2) is 59.2 Å². The van der Waals surface area contributed by atoms with Crippen LogP contribution >= 0.6 is 0 Å². The Morgan fingerprint density at radius 2 is 1.68 bits per heavy atom. The summed E-state index contributed by atoms with van der Waals surface area (Å²) >= 11 is 0. The molecular formula is C21H21N3O4. The standard InChI is InChI=1S/C21H21N3O4/c1-14-8-15(2)10-18(9-14)27-13-20(26)24-23-19(25)11-17-12-28-21(22-17)16-6-4-3-5-7-16/h3-10,12H,11,13H2,1-2H3,(H,23,25)(H,24,26). The van der Waals surface area contributed by atoms with E-state index in [1.54, 1.807) is 0 Å². The van der Waals surface area contributed by atoms with Crippen molar-refractivity contribution in [1.82, 2.24) is 15.8 Å². The number of carbonyl (C=O) groups is 2. The fourth-order valence-electron chi connectivity index (χ4n) is 2.65. The van der Waals surface area contributed by atoms with Crippen LogP contribution in [0.1, 0.15) is 16.8 Å². The van der Waals surface area contributed by atoms with Crippen LogP contribution in [-0.4, -0.2) is 23.4 Å². The third-order valence-corrected chi connectivity index (χ3v) is 3.82. The average Bonchev–Trinajstić information content (AvgIpc) is 3.13. The topological polar surface area (TPSA) is 93.5 Å². The van der Waals surface area contributed by atoms with E-state index in [9.17, 15) is 9.59 Å². The Hall–Kier alpha value is -3.61. The monoisotopic (exact) mass is 379 g/mol. The first-order chi connectivity index (χ1) is 13.5. The molecule has 2 amide bonds. The number of oxazole rings is 1. The minimum atomic E-state index is -0.461. The average molecular weight is 379 g/mol. The molecule has 7 nitrogen and oxygen atoms in total. The Morgan fingerprint density at radius 1 is 1.00 bits per heavy atom. The van der Waals surface area contributed by atoms with Crippen molar-refractivity contribution in [2.75, 3.05) is 6.61 Å². The molecule has 144 valence electrons. The predicted octanol–water partition coefficient (Wildman–Crippen LogP) is 2.73. The van der Waals surface area contributed by atoms with Crippen molar-refractivity contribution < 1.29 is 18.7 Å². The zero-order valence-electron chi connectivity index (χ0n) is 15.7. The van der Waals surface area contributed by atoms with Gasteiger partial charge in [-0.05, 0) is 49.2 Å². The van der Waals surface area contributed by atoms with Gasteiger partial charge in [-0.15, -0.1) is 0 Å². The van der Waals surface area contributed by atoms with Crippen LogP contribution in [0, 0.1) is 13.8 Å². The Labute approximate surface area is 162 Å². The van der Waals surface area contributed by atoms with E-state index in [4.69, 9.17) is 9.15 Å². The molecule has 0 aliphatic heterocycles. The molecule has 1 aromatic heterocycles. The van der Waals surface area contributed by atoms with Gasteiger partial charge >= 0.3 is 0 Å². The van der Waals surface area contributed by atoms with Gasteiger partial charge < -0.3 is 9.15 Å². The number of hydrazine groups is 1. The maximum atomic E-state index is 12.0. The van der Waals surface area contributed by atoms with E-state index in [2.05, 4.69) is 15.8 Å². The molecule has 7 heteroatoms. The second-order valence-corrected chi connectivity index (χ2v) is 6.40. The van der Waals surface area contributed by atoms with Crippen molar-refractivity contribution >= 4 is 11.8 Å². The van der Waals surface area contributed by atoms with E-state index in [0.29, 0.717) is 17.3 Å². The molecular weight excluding hydrogens is 358 g/mol. The quantitative estimate of drug-likeness (QED) is 0.643. The molecule has 0 aliphatic carbocycles. The summed E-state index contributed by atoms with van der Waals surface area (Å²) in [5.74, 6) is 0.176. The van der Waals surface area contributed by atoms with Gasteiger partial charge in [-0.3, -0.25) is 20.4 Å². The molecule has 0 aliphatic rings. The van der Waals surface area contributed by atoms with Gasteiger partial charge in [-0.1, -0.05) is 24.3 Å². The number of hydrogen-bond donors (Lipinski definition) is 2. The van der Waals surface area contributed by atoms with Crippen molar-refractivity contribution in [3.63, 3.8) is 0 Å². The summed E-state index contributed by atoms with van der Waals surface area (Å²) in [6.07, 6.45) is 1.40. The van der Waals surface area contributed by atoms with Gasteiger partial charge in [0, 0.05) is 5.56 Å². The second-order valence-electron chi connectivity index (χ2n) is 6.40. The summed E-state index contributed by atoms with van der Waals surface area (Å²) in [5, 5.41) is 0. The lowest BCUT2D eigenvalue weighted by molar-refractivity contribution is -0.129. The molecule has 0 atom stereocenters. The SMILES string of the molecule is Cc1cc(C)cc(OCC(=O)NNC(=O)Cc2coc(-c3ccccc3)n2)c1. The maximum absolute atomic E-state index is 12.0. The molecule has 0 bridgehead atoms. The lowest BCUT2D eigenvalue weighted by Crippen LogP contribution is -2.44. The normalized spacial score (nSPS) is 10.4. The van der Waals surface area contributed by atoms with Crippen molar-refractivity contribution in [3.05, 3.63) is 71.6 Å². The molecule has 28 heavy (non-hydrogen) atoms. The highest BCUT2D eigenvalue weighted by Gasteiger charge is 2.11. The Kier molecular flexibility index (Phi) is 6.06. The van der Waals surface area contributed by atoms with Gasteiger partial charge in [-0.25, -0.2) is 4.98 Å². The van der Waals surface area contributed by atoms with Crippen molar-refractivity contribution in [2.45, 2.75) is 20.3 Å². The molecule has 0 fully saturated rings. The molecule has 3 aromatic rings. The first-order valence-electron chi connectivity index (χ1n) is 8.78. The summed E-state index contributed by atoms with van der Waals surface area (Å²) in [5.41, 5.74) is 8.05. The summed E-state index contributed by atoms with van der Waals surface area (Å²) in [6, 6.07) is 15.1. The van der Waals surface area contributed by atoms with E-state index < -0.39 is 11.8 Å². The molecule has 0 saturated heterocycles. The van der Waals surface area contributed by atoms with E-state index in [1.165, 1.54) is 6.26 Å². The van der Waals surface area contributed by atoms with Crippen LogP contribution in [0.3, 0.4) is 0 Å². The highest BCUT2D eigenvalue weighted by molar-refractivity contribution is 5.83. The van der Waals surface area contributed by atoms with E-state index in [-0.39, 0.29) is 13.0 Å². The first kappa shape index (κ1) is 19.2. The summed E-state index contributed by atoms with van der Waals surface area (Å²) in [7, 11) is 0. The number of benzene rings is 2.